The van der Waals surface area contributed by atoms with Gasteiger partial charge in [0.1, 0.15) is 16.5 Å². The van der Waals surface area contributed by atoms with Crippen molar-refractivity contribution in [2.24, 2.45) is 0 Å². The van der Waals surface area contributed by atoms with Crippen molar-refractivity contribution in [2.75, 3.05) is 0 Å². The van der Waals surface area contributed by atoms with Gasteiger partial charge in [-0.15, -0.1) is 0 Å². The van der Waals surface area contributed by atoms with Crippen molar-refractivity contribution in [3.63, 3.8) is 0 Å². The number of ether oxygens (including phenoxy) is 1. The minimum absolute atomic E-state index is 0.0885. The molecule has 2 aromatic rings. The predicted molar refractivity (Wildman–Crippen MR) is 78.2 cm³/mol. The lowest BCUT2D eigenvalue weighted by Crippen LogP contribution is -2.27. The summed E-state index contributed by atoms with van der Waals surface area (Å²) in [7, 11) is -4.09. The number of hydrogen-bond donors (Lipinski definition) is 1. The van der Waals surface area contributed by atoms with E-state index in [0.29, 0.717) is 5.56 Å². The Morgan fingerprint density at radius 3 is 2.43 bits per heavy atom. The van der Waals surface area contributed by atoms with Crippen molar-refractivity contribution in [1.82, 2.24) is 4.72 Å². The molecular formula is C15H14F3NO3S. The Morgan fingerprint density at radius 2 is 1.78 bits per heavy atom. The van der Waals surface area contributed by atoms with E-state index in [2.05, 4.69) is 9.46 Å². The fraction of sp³-hybridized carbons (Fsp3) is 0.200. The summed E-state index contributed by atoms with van der Waals surface area (Å²) in [6, 6.07) is 9.82. The van der Waals surface area contributed by atoms with Crippen LogP contribution < -0.4 is 9.46 Å². The first-order valence-corrected chi connectivity index (χ1v) is 8.09. The topological polar surface area (TPSA) is 55.4 Å². The lowest BCUT2D eigenvalue weighted by Gasteiger charge is -2.16. The van der Waals surface area contributed by atoms with Crippen molar-refractivity contribution in [3.05, 3.63) is 59.9 Å². The Balaban J connectivity index is 2.21. The van der Waals surface area contributed by atoms with E-state index in [1.807, 2.05) is 0 Å². The number of benzene rings is 2. The lowest BCUT2D eigenvalue weighted by molar-refractivity contribution is -0.0499. The molecule has 4 nitrogen and oxygen atoms in total. The number of nitrogens with one attached hydrogen (secondary N) is 1. The molecule has 2 aromatic carbocycles. The van der Waals surface area contributed by atoms with Gasteiger partial charge in [-0.05, 0) is 36.8 Å². The normalized spacial score (nSPS) is 13.1. The maximum absolute atomic E-state index is 13.6. The molecule has 0 bridgehead atoms. The molecule has 0 aromatic heterocycles. The van der Waals surface area contributed by atoms with E-state index >= 15 is 0 Å². The van der Waals surface area contributed by atoms with Gasteiger partial charge < -0.3 is 4.74 Å². The molecule has 8 heteroatoms. The molecule has 0 radical (unpaired) electrons. The summed E-state index contributed by atoms with van der Waals surface area (Å²) in [5, 5.41) is 0. The molecule has 2 rings (SSSR count). The quantitative estimate of drug-likeness (QED) is 0.872. The maximum atomic E-state index is 13.6. The molecule has 1 N–H and O–H groups in total. The third-order valence-corrected chi connectivity index (χ3v) is 4.62. The summed E-state index contributed by atoms with van der Waals surface area (Å²) in [4.78, 5) is -0.480. The highest BCUT2D eigenvalue weighted by Gasteiger charge is 2.22. The highest BCUT2D eigenvalue weighted by atomic mass is 32.2. The van der Waals surface area contributed by atoms with Gasteiger partial charge in [0.05, 0.1) is 0 Å². The minimum atomic E-state index is -4.09. The van der Waals surface area contributed by atoms with E-state index < -0.39 is 33.4 Å². The van der Waals surface area contributed by atoms with Gasteiger partial charge in [-0.1, -0.05) is 24.3 Å². The van der Waals surface area contributed by atoms with Crippen LogP contribution in [0.15, 0.2) is 53.4 Å². The Labute approximate surface area is 132 Å². The first-order chi connectivity index (χ1) is 10.8. The van der Waals surface area contributed by atoms with E-state index in [1.54, 1.807) is 6.07 Å². The second-order valence-corrected chi connectivity index (χ2v) is 6.41. The molecule has 0 fully saturated rings. The monoisotopic (exact) mass is 345 g/mol. The van der Waals surface area contributed by atoms with Gasteiger partial charge in [-0.3, -0.25) is 0 Å². The van der Waals surface area contributed by atoms with Crippen LogP contribution in [0.3, 0.4) is 0 Å². The molecule has 0 aliphatic heterocycles. The number of rotatable bonds is 6. The van der Waals surface area contributed by atoms with Crippen LogP contribution in [-0.2, 0) is 10.0 Å². The van der Waals surface area contributed by atoms with E-state index in [-0.39, 0.29) is 5.75 Å². The lowest BCUT2D eigenvalue weighted by atomic mass is 10.1. The van der Waals surface area contributed by atoms with Crippen molar-refractivity contribution in [3.8, 4) is 5.75 Å². The molecule has 0 aliphatic rings. The van der Waals surface area contributed by atoms with E-state index in [0.717, 1.165) is 12.1 Å². The largest absolute Gasteiger partial charge is 0.435 e. The van der Waals surface area contributed by atoms with Crippen LogP contribution in [-0.4, -0.2) is 15.0 Å². The van der Waals surface area contributed by atoms with Crippen molar-refractivity contribution in [1.29, 1.82) is 0 Å². The van der Waals surface area contributed by atoms with Gasteiger partial charge in [0.25, 0.3) is 0 Å². The van der Waals surface area contributed by atoms with Gasteiger partial charge in [0.15, 0.2) is 0 Å². The van der Waals surface area contributed by atoms with Gasteiger partial charge in [-0.2, -0.15) is 8.78 Å². The summed E-state index contributed by atoms with van der Waals surface area (Å²) in [6.07, 6.45) is 0. The number of hydrogen-bond acceptors (Lipinski definition) is 3. The summed E-state index contributed by atoms with van der Waals surface area (Å²) in [6.45, 7) is -1.46. The van der Waals surface area contributed by atoms with Crippen molar-refractivity contribution < 1.29 is 26.3 Å². The third kappa shape index (κ3) is 4.46. The summed E-state index contributed by atoms with van der Waals surface area (Å²) < 4.78 is 69.0. The van der Waals surface area contributed by atoms with Crippen molar-refractivity contribution >= 4 is 10.0 Å². The Kier molecular flexibility index (Phi) is 5.27. The standard InChI is InChI=1S/C15H14F3NO3S/c1-10(11-5-4-6-12(9-11)22-15(17)18)19-23(20,21)14-8-3-2-7-13(14)16/h2-10,15,19H,1H3/t10-/m0/s1. The zero-order chi connectivity index (χ0) is 17.0. The van der Waals surface area contributed by atoms with Crippen LogP contribution in [0.1, 0.15) is 18.5 Å². The zero-order valence-electron chi connectivity index (χ0n) is 12.0. The molecule has 0 unspecified atom stereocenters. The summed E-state index contributed by atoms with van der Waals surface area (Å²) >= 11 is 0. The molecule has 0 saturated carbocycles. The predicted octanol–water partition coefficient (Wildman–Crippen LogP) is 3.47. The number of sulfonamides is 1. The third-order valence-electron chi connectivity index (χ3n) is 3.04. The average molecular weight is 345 g/mol. The molecule has 0 aliphatic carbocycles. The van der Waals surface area contributed by atoms with E-state index in [9.17, 15) is 21.6 Å². The number of halogens is 3. The molecule has 0 spiro atoms. The smallest absolute Gasteiger partial charge is 0.387 e. The average Bonchev–Trinajstić information content (AvgIpc) is 2.46. The van der Waals surface area contributed by atoms with Crippen molar-refractivity contribution in [2.45, 2.75) is 24.5 Å². The van der Waals surface area contributed by atoms with E-state index in [1.165, 1.54) is 37.3 Å². The van der Waals surface area contributed by atoms with Gasteiger partial charge >= 0.3 is 6.61 Å². The number of alkyl halides is 2. The molecule has 0 saturated heterocycles. The Bertz CT molecular complexity index is 781. The highest BCUT2D eigenvalue weighted by Crippen LogP contribution is 2.23. The molecule has 23 heavy (non-hydrogen) atoms. The second kappa shape index (κ2) is 7.01. The first-order valence-electron chi connectivity index (χ1n) is 6.61. The van der Waals surface area contributed by atoms with Crippen LogP contribution in [0, 0.1) is 5.82 Å². The molecule has 0 amide bonds. The molecule has 124 valence electrons. The SMILES string of the molecule is C[C@H](NS(=O)(=O)c1ccccc1F)c1cccc(OC(F)F)c1. The van der Waals surface area contributed by atoms with Crippen LogP contribution in [0.25, 0.3) is 0 Å². The minimum Gasteiger partial charge on any atom is -0.435 e. The van der Waals surface area contributed by atoms with Gasteiger partial charge in [0.2, 0.25) is 10.0 Å². The van der Waals surface area contributed by atoms with Gasteiger partial charge in [-0.25, -0.2) is 17.5 Å². The summed E-state index contributed by atoms with van der Waals surface area (Å²) in [5.74, 6) is -0.962. The molecule has 0 heterocycles. The molecular weight excluding hydrogens is 331 g/mol. The fourth-order valence-electron chi connectivity index (χ4n) is 1.99. The second-order valence-electron chi connectivity index (χ2n) is 4.72. The van der Waals surface area contributed by atoms with Gasteiger partial charge in [0, 0.05) is 6.04 Å². The maximum Gasteiger partial charge on any atom is 0.387 e. The van der Waals surface area contributed by atoms with Crippen LogP contribution in [0.2, 0.25) is 0 Å². The highest BCUT2D eigenvalue weighted by molar-refractivity contribution is 7.89. The summed E-state index contributed by atoms with van der Waals surface area (Å²) in [5.41, 5.74) is 0.406. The van der Waals surface area contributed by atoms with Crippen LogP contribution in [0.4, 0.5) is 13.2 Å². The van der Waals surface area contributed by atoms with Crippen LogP contribution >= 0.6 is 0 Å². The van der Waals surface area contributed by atoms with Crippen LogP contribution in [0.5, 0.6) is 5.75 Å². The fourth-order valence-corrected chi connectivity index (χ4v) is 3.30. The Hall–Kier alpha value is -2.06. The zero-order valence-corrected chi connectivity index (χ0v) is 12.9. The Morgan fingerprint density at radius 1 is 1.09 bits per heavy atom. The molecule has 1 atom stereocenters. The van der Waals surface area contributed by atoms with E-state index in [4.69, 9.17) is 0 Å². The first kappa shape index (κ1) is 17.3.